The Labute approximate surface area is 192 Å². The molecule has 0 aromatic carbocycles. The first kappa shape index (κ1) is 23.1. The molecule has 32 heavy (non-hydrogen) atoms. The van der Waals surface area contributed by atoms with Crippen LogP contribution >= 0.6 is 0 Å². The van der Waals surface area contributed by atoms with E-state index in [0.717, 1.165) is 51.4 Å². The number of fused-ring (bicyclic) bond motifs is 5. The maximum absolute atomic E-state index is 12.3. The molecule has 5 rings (SSSR count). The van der Waals surface area contributed by atoms with Crippen LogP contribution in [-0.4, -0.2) is 62.3 Å². The SMILES string of the molecule is C[C@H](CCC(=O)N1CC1O)[C@H]1CC[C@H]2[C@@H]3[C@H](O)C[C@@H]4C[C@H](O)CC[C@]4(C)[C@H]3C[C@H](O)[C@]12C. The van der Waals surface area contributed by atoms with Crippen molar-refractivity contribution in [2.24, 2.45) is 46.3 Å². The van der Waals surface area contributed by atoms with Crippen LogP contribution in [0, 0.1) is 46.3 Å². The molecule has 0 radical (unpaired) electrons. The van der Waals surface area contributed by atoms with E-state index in [1.807, 2.05) is 0 Å². The van der Waals surface area contributed by atoms with Crippen molar-refractivity contribution in [2.45, 2.75) is 103 Å². The van der Waals surface area contributed by atoms with E-state index in [4.69, 9.17) is 0 Å². The van der Waals surface area contributed by atoms with Gasteiger partial charge in [-0.2, -0.15) is 0 Å². The number of amides is 1. The summed E-state index contributed by atoms with van der Waals surface area (Å²) in [6.45, 7) is 7.31. The van der Waals surface area contributed by atoms with Crippen molar-refractivity contribution in [1.29, 1.82) is 0 Å². The summed E-state index contributed by atoms with van der Waals surface area (Å²) in [6.07, 6.45) is 5.93. The third-order valence-corrected chi connectivity index (χ3v) is 11.2. The highest BCUT2D eigenvalue weighted by Gasteiger charge is 2.65. The highest BCUT2D eigenvalue weighted by molar-refractivity contribution is 5.78. The number of hydrogen-bond donors (Lipinski definition) is 4. The van der Waals surface area contributed by atoms with Gasteiger partial charge < -0.3 is 25.3 Å². The van der Waals surface area contributed by atoms with E-state index < -0.39 is 6.23 Å². The van der Waals surface area contributed by atoms with Gasteiger partial charge in [-0.1, -0.05) is 20.8 Å². The summed E-state index contributed by atoms with van der Waals surface area (Å²) in [5.41, 5.74) is -0.123. The zero-order valence-corrected chi connectivity index (χ0v) is 20.0. The fraction of sp³-hybridized carbons (Fsp3) is 0.962. The van der Waals surface area contributed by atoms with Gasteiger partial charge in [0.15, 0.2) is 0 Å². The summed E-state index contributed by atoms with van der Waals surface area (Å²) in [6, 6.07) is 0. The van der Waals surface area contributed by atoms with Crippen molar-refractivity contribution in [1.82, 2.24) is 4.90 Å². The van der Waals surface area contributed by atoms with Gasteiger partial charge in [-0.25, -0.2) is 0 Å². The van der Waals surface area contributed by atoms with Gasteiger partial charge >= 0.3 is 0 Å². The molecular weight excluding hydrogens is 406 g/mol. The number of carbonyl (C=O) groups is 1. The Morgan fingerprint density at radius 2 is 1.75 bits per heavy atom. The average molecular weight is 450 g/mol. The monoisotopic (exact) mass is 449 g/mol. The lowest BCUT2D eigenvalue weighted by Crippen LogP contribution is -2.62. The van der Waals surface area contributed by atoms with E-state index in [-0.39, 0.29) is 41.0 Å². The molecule has 4 saturated carbocycles. The fourth-order valence-corrected chi connectivity index (χ4v) is 9.22. The second-order valence-corrected chi connectivity index (χ2v) is 12.6. The van der Waals surface area contributed by atoms with E-state index >= 15 is 0 Å². The predicted molar refractivity (Wildman–Crippen MR) is 120 cm³/mol. The summed E-state index contributed by atoms with van der Waals surface area (Å²) in [7, 11) is 0. The lowest BCUT2D eigenvalue weighted by molar-refractivity contribution is -0.207. The zero-order chi connectivity index (χ0) is 23.0. The van der Waals surface area contributed by atoms with E-state index in [1.54, 1.807) is 0 Å². The maximum atomic E-state index is 12.3. The van der Waals surface area contributed by atoms with Crippen LogP contribution in [0.1, 0.15) is 78.6 Å². The molecule has 4 aliphatic carbocycles. The largest absolute Gasteiger partial charge is 0.393 e. The van der Waals surface area contributed by atoms with Gasteiger partial charge in [0.05, 0.1) is 24.9 Å². The van der Waals surface area contributed by atoms with Gasteiger partial charge in [-0.05, 0) is 97.7 Å². The molecule has 1 heterocycles. The molecule has 182 valence electrons. The Kier molecular flexibility index (Phi) is 5.72. The van der Waals surface area contributed by atoms with Crippen molar-refractivity contribution in [3.8, 4) is 0 Å². The topological polar surface area (TPSA) is 101 Å². The molecule has 6 nitrogen and oxygen atoms in total. The minimum Gasteiger partial charge on any atom is -0.393 e. The number of rotatable bonds is 4. The quantitative estimate of drug-likeness (QED) is 0.494. The minimum atomic E-state index is -0.581. The van der Waals surface area contributed by atoms with Crippen LogP contribution < -0.4 is 0 Å². The third kappa shape index (κ3) is 3.38. The molecule has 1 aliphatic heterocycles. The van der Waals surface area contributed by atoms with E-state index in [1.165, 1.54) is 4.90 Å². The molecular formula is C26H43NO5. The number of β-amino-alcohol motifs (C(OH)–C–C–N with tert-alkyl or cyclic N) is 1. The van der Waals surface area contributed by atoms with Crippen molar-refractivity contribution in [2.75, 3.05) is 6.54 Å². The molecule has 4 N–H and O–H groups in total. The van der Waals surface area contributed by atoms with Gasteiger partial charge in [0, 0.05) is 6.42 Å². The summed E-state index contributed by atoms with van der Waals surface area (Å²) in [5.74, 6) is 1.91. The van der Waals surface area contributed by atoms with Crippen LogP contribution in [0.25, 0.3) is 0 Å². The fourth-order valence-electron chi connectivity index (χ4n) is 9.22. The van der Waals surface area contributed by atoms with Gasteiger partial charge in [0.1, 0.15) is 6.23 Å². The summed E-state index contributed by atoms with van der Waals surface area (Å²) >= 11 is 0. The van der Waals surface area contributed by atoms with Crippen LogP contribution in [-0.2, 0) is 4.79 Å². The van der Waals surface area contributed by atoms with Gasteiger partial charge in [-0.3, -0.25) is 4.79 Å². The van der Waals surface area contributed by atoms with Crippen LogP contribution in [0.2, 0.25) is 0 Å². The van der Waals surface area contributed by atoms with Crippen molar-refractivity contribution in [3.63, 3.8) is 0 Å². The summed E-state index contributed by atoms with van der Waals surface area (Å²) in [4.78, 5) is 13.8. The molecule has 6 heteroatoms. The number of aliphatic hydroxyl groups is 4. The standard InChI is InChI=1S/C26H43NO5/c1-14(4-7-22(31)27-13-23(27)32)17-5-6-18-24-19(12-21(30)26(17,18)3)25(2)9-8-16(28)10-15(25)11-20(24)29/h14-21,23-24,28-30,32H,4-13H2,1-3H3/t14-,15+,16-,17-,18+,19+,20-,21+,23?,24+,25+,26-,27?/m1/s1. The Hall–Kier alpha value is -0.690. The summed E-state index contributed by atoms with van der Waals surface area (Å²) in [5, 5.41) is 42.7. The van der Waals surface area contributed by atoms with Gasteiger partial charge in [0.25, 0.3) is 0 Å². The minimum absolute atomic E-state index is 0.0365. The molecule has 0 spiro atoms. The highest BCUT2D eigenvalue weighted by Crippen LogP contribution is 2.68. The Morgan fingerprint density at radius 1 is 1.03 bits per heavy atom. The second-order valence-electron chi connectivity index (χ2n) is 12.6. The van der Waals surface area contributed by atoms with Crippen LogP contribution in [0.15, 0.2) is 0 Å². The van der Waals surface area contributed by atoms with E-state index in [9.17, 15) is 25.2 Å². The Balaban J connectivity index is 1.34. The first-order valence-electron chi connectivity index (χ1n) is 13.1. The second kappa shape index (κ2) is 7.93. The van der Waals surface area contributed by atoms with Gasteiger partial charge in [0.2, 0.25) is 5.91 Å². The van der Waals surface area contributed by atoms with E-state index in [0.29, 0.717) is 42.6 Å². The molecule has 5 aliphatic rings. The molecule has 1 unspecified atom stereocenters. The molecule has 1 amide bonds. The molecule has 0 aromatic rings. The van der Waals surface area contributed by atoms with Gasteiger partial charge in [-0.15, -0.1) is 0 Å². The molecule has 12 atom stereocenters. The predicted octanol–water partition coefficient (Wildman–Crippen LogP) is 2.52. The summed E-state index contributed by atoms with van der Waals surface area (Å²) < 4.78 is 0. The Morgan fingerprint density at radius 3 is 2.44 bits per heavy atom. The number of carbonyl (C=O) groups excluding carboxylic acids is 1. The first-order chi connectivity index (χ1) is 15.1. The van der Waals surface area contributed by atoms with Crippen LogP contribution in [0.4, 0.5) is 0 Å². The molecule has 5 fully saturated rings. The van der Waals surface area contributed by atoms with E-state index in [2.05, 4.69) is 20.8 Å². The van der Waals surface area contributed by atoms with Crippen molar-refractivity contribution >= 4 is 5.91 Å². The molecule has 0 bridgehead atoms. The number of nitrogens with zero attached hydrogens (tertiary/aromatic N) is 1. The Bertz CT molecular complexity index is 746. The first-order valence-corrected chi connectivity index (χ1v) is 13.1. The van der Waals surface area contributed by atoms with Crippen LogP contribution in [0.5, 0.6) is 0 Å². The zero-order valence-electron chi connectivity index (χ0n) is 20.0. The maximum Gasteiger partial charge on any atom is 0.224 e. The van der Waals surface area contributed by atoms with Crippen LogP contribution in [0.3, 0.4) is 0 Å². The number of hydrogen-bond acceptors (Lipinski definition) is 5. The smallest absolute Gasteiger partial charge is 0.224 e. The lowest BCUT2D eigenvalue weighted by atomic mass is 9.43. The normalized spacial score (nSPS) is 53.2. The van der Waals surface area contributed by atoms with Crippen molar-refractivity contribution in [3.05, 3.63) is 0 Å². The van der Waals surface area contributed by atoms with Crippen molar-refractivity contribution < 1.29 is 25.2 Å². The number of aliphatic hydroxyl groups excluding tert-OH is 4. The third-order valence-electron chi connectivity index (χ3n) is 11.2. The molecule has 1 saturated heterocycles. The highest BCUT2D eigenvalue weighted by atomic mass is 16.3. The average Bonchev–Trinajstić information content (AvgIpc) is 3.36. The molecule has 0 aromatic heterocycles. The lowest BCUT2D eigenvalue weighted by Gasteiger charge is -2.63.